The summed E-state index contributed by atoms with van der Waals surface area (Å²) in [6.45, 7) is 0. The van der Waals surface area contributed by atoms with Crippen molar-refractivity contribution in [1.82, 2.24) is 8.96 Å². The number of pyridine rings is 1. The van der Waals surface area contributed by atoms with Gasteiger partial charge in [-0.1, -0.05) is 18.2 Å². The lowest BCUT2D eigenvalue weighted by molar-refractivity contribution is 0.474. The van der Waals surface area contributed by atoms with Gasteiger partial charge in [0.15, 0.2) is 5.65 Å². The summed E-state index contributed by atoms with van der Waals surface area (Å²) >= 11 is 0. The van der Waals surface area contributed by atoms with Gasteiger partial charge in [0, 0.05) is 11.6 Å². The van der Waals surface area contributed by atoms with E-state index >= 15 is 0 Å². The Bertz CT molecular complexity index is 839. The van der Waals surface area contributed by atoms with Crippen molar-refractivity contribution < 1.29 is 13.5 Å². The van der Waals surface area contributed by atoms with Gasteiger partial charge in [-0.25, -0.2) is 17.4 Å². The van der Waals surface area contributed by atoms with E-state index in [-0.39, 0.29) is 10.6 Å². The van der Waals surface area contributed by atoms with E-state index in [2.05, 4.69) is 4.98 Å². The first-order valence-electron chi connectivity index (χ1n) is 5.56. The molecule has 2 aromatic heterocycles. The number of nitrogens with zero attached hydrogens (tertiary/aromatic N) is 2. The van der Waals surface area contributed by atoms with Crippen molar-refractivity contribution in [2.24, 2.45) is 0 Å². The predicted octanol–water partition coefficient (Wildman–Crippen LogP) is 1.98. The van der Waals surface area contributed by atoms with Crippen LogP contribution in [0.4, 0.5) is 0 Å². The van der Waals surface area contributed by atoms with Crippen LogP contribution >= 0.6 is 0 Å². The molecule has 0 bridgehead atoms. The van der Waals surface area contributed by atoms with Crippen LogP contribution < -0.4 is 0 Å². The molecule has 0 saturated heterocycles. The highest BCUT2D eigenvalue weighted by Gasteiger charge is 2.19. The Morgan fingerprint density at radius 3 is 2.58 bits per heavy atom. The summed E-state index contributed by atoms with van der Waals surface area (Å²) in [4.78, 5) is 4.16. The minimum atomic E-state index is -3.66. The molecule has 0 radical (unpaired) electrons. The van der Waals surface area contributed by atoms with E-state index in [0.717, 1.165) is 3.97 Å². The molecule has 6 heteroatoms. The van der Waals surface area contributed by atoms with Crippen molar-refractivity contribution in [2.75, 3.05) is 0 Å². The van der Waals surface area contributed by atoms with Crippen molar-refractivity contribution >= 4 is 21.1 Å². The Morgan fingerprint density at radius 2 is 1.84 bits per heavy atom. The zero-order valence-electron chi connectivity index (χ0n) is 9.76. The van der Waals surface area contributed by atoms with Crippen LogP contribution in [0.25, 0.3) is 11.0 Å². The van der Waals surface area contributed by atoms with Gasteiger partial charge in [-0.3, -0.25) is 0 Å². The fourth-order valence-electron chi connectivity index (χ4n) is 1.89. The highest BCUT2D eigenvalue weighted by atomic mass is 32.2. The fourth-order valence-corrected chi connectivity index (χ4v) is 3.22. The number of hydrogen-bond donors (Lipinski definition) is 1. The summed E-state index contributed by atoms with van der Waals surface area (Å²) in [5.41, 5.74) is 0.293. The minimum absolute atomic E-state index is 0.00218. The first-order chi connectivity index (χ1) is 9.09. The van der Waals surface area contributed by atoms with Crippen LogP contribution in [0.2, 0.25) is 0 Å². The fraction of sp³-hybridized carbons (Fsp3) is 0. The van der Waals surface area contributed by atoms with Crippen LogP contribution in [0.3, 0.4) is 0 Å². The smallest absolute Gasteiger partial charge is 0.269 e. The molecular formula is C13H10N2O3S. The predicted molar refractivity (Wildman–Crippen MR) is 70.4 cm³/mol. The molecule has 5 nitrogen and oxygen atoms in total. The molecule has 0 unspecified atom stereocenters. The zero-order valence-corrected chi connectivity index (χ0v) is 10.6. The third-order valence-electron chi connectivity index (χ3n) is 2.78. The Morgan fingerprint density at radius 1 is 1.11 bits per heavy atom. The molecule has 0 amide bonds. The van der Waals surface area contributed by atoms with Gasteiger partial charge >= 0.3 is 0 Å². The molecule has 0 aliphatic carbocycles. The second-order valence-electron chi connectivity index (χ2n) is 4.04. The highest BCUT2D eigenvalue weighted by Crippen LogP contribution is 2.22. The van der Waals surface area contributed by atoms with Crippen LogP contribution in [0.5, 0.6) is 5.75 Å². The number of fused-ring (bicyclic) bond motifs is 1. The molecule has 0 atom stereocenters. The van der Waals surface area contributed by atoms with Gasteiger partial charge in [0.2, 0.25) is 0 Å². The molecule has 0 aliphatic rings. The average Bonchev–Trinajstić information content (AvgIpc) is 2.83. The van der Waals surface area contributed by atoms with E-state index in [1.807, 2.05) is 0 Å². The minimum Gasteiger partial charge on any atom is -0.506 e. The van der Waals surface area contributed by atoms with Crippen LogP contribution in [-0.2, 0) is 10.0 Å². The maximum absolute atomic E-state index is 12.5. The van der Waals surface area contributed by atoms with Gasteiger partial charge in [-0.2, -0.15) is 0 Å². The van der Waals surface area contributed by atoms with Crippen molar-refractivity contribution in [3.8, 4) is 5.75 Å². The molecule has 0 saturated carbocycles. The number of aromatic nitrogens is 2. The van der Waals surface area contributed by atoms with E-state index < -0.39 is 10.0 Å². The maximum atomic E-state index is 12.5. The summed E-state index contributed by atoms with van der Waals surface area (Å²) in [6.07, 6.45) is 2.65. The van der Waals surface area contributed by atoms with E-state index in [1.165, 1.54) is 30.6 Å². The van der Waals surface area contributed by atoms with Gasteiger partial charge in [-0.05, 0) is 24.3 Å². The van der Waals surface area contributed by atoms with E-state index in [4.69, 9.17) is 0 Å². The third-order valence-corrected chi connectivity index (χ3v) is 4.46. The maximum Gasteiger partial charge on any atom is 0.269 e. The van der Waals surface area contributed by atoms with E-state index in [1.54, 1.807) is 24.3 Å². The highest BCUT2D eigenvalue weighted by molar-refractivity contribution is 7.90. The average molecular weight is 274 g/mol. The quantitative estimate of drug-likeness (QED) is 0.775. The first-order valence-corrected chi connectivity index (χ1v) is 7.00. The molecule has 0 spiro atoms. The van der Waals surface area contributed by atoms with E-state index in [0.29, 0.717) is 11.0 Å². The summed E-state index contributed by atoms with van der Waals surface area (Å²) in [7, 11) is -3.66. The number of aromatic hydroxyl groups is 1. The Labute approximate surface area is 109 Å². The lowest BCUT2D eigenvalue weighted by Gasteiger charge is -2.06. The van der Waals surface area contributed by atoms with Gasteiger partial charge < -0.3 is 5.11 Å². The molecule has 0 fully saturated rings. The molecule has 3 rings (SSSR count). The molecule has 19 heavy (non-hydrogen) atoms. The van der Waals surface area contributed by atoms with Gasteiger partial charge in [0.1, 0.15) is 5.75 Å². The van der Waals surface area contributed by atoms with E-state index in [9.17, 15) is 13.5 Å². The van der Waals surface area contributed by atoms with Crippen molar-refractivity contribution in [3.05, 3.63) is 54.9 Å². The van der Waals surface area contributed by atoms with Crippen molar-refractivity contribution in [2.45, 2.75) is 4.90 Å². The number of hydrogen-bond acceptors (Lipinski definition) is 4. The number of rotatable bonds is 2. The molecule has 1 N–H and O–H groups in total. The standard InChI is InChI=1S/C13H10N2O3S/c16-11-8-10-6-7-15(13(10)14-9-11)19(17,18)12-4-2-1-3-5-12/h1-9,16H. The van der Waals surface area contributed by atoms with Crippen molar-refractivity contribution in [1.29, 1.82) is 0 Å². The SMILES string of the molecule is O=S(=O)(c1ccccc1)n1ccc2cc(O)cnc21. The lowest BCUT2D eigenvalue weighted by atomic mass is 10.3. The van der Waals surface area contributed by atoms with Gasteiger partial charge in [0.25, 0.3) is 10.0 Å². The summed E-state index contributed by atoms with van der Waals surface area (Å²) in [5, 5.41) is 9.91. The summed E-state index contributed by atoms with van der Waals surface area (Å²) < 4.78 is 26.0. The third kappa shape index (κ3) is 1.86. The molecule has 96 valence electrons. The monoisotopic (exact) mass is 274 g/mol. The van der Waals surface area contributed by atoms with Crippen LogP contribution in [-0.4, -0.2) is 22.5 Å². The Balaban J connectivity index is 2.25. The molecular weight excluding hydrogens is 264 g/mol. The topological polar surface area (TPSA) is 72.2 Å². The van der Waals surface area contributed by atoms with Crippen molar-refractivity contribution in [3.63, 3.8) is 0 Å². The zero-order chi connectivity index (χ0) is 13.5. The van der Waals surface area contributed by atoms with Gasteiger partial charge in [0.05, 0.1) is 11.1 Å². The summed E-state index contributed by atoms with van der Waals surface area (Å²) in [6, 6.07) is 11.2. The first kappa shape index (κ1) is 11.7. The summed E-state index contributed by atoms with van der Waals surface area (Å²) in [5.74, 6) is 0.00218. The van der Waals surface area contributed by atoms with Crippen LogP contribution in [0.1, 0.15) is 0 Å². The van der Waals surface area contributed by atoms with Crippen LogP contribution in [0, 0.1) is 0 Å². The normalized spacial score (nSPS) is 11.8. The van der Waals surface area contributed by atoms with Crippen LogP contribution in [0.15, 0.2) is 59.8 Å². The largest absolute Gasteiger partial charge is 0.506 e. The molecule has 0 aliphatic heterocycles. The Kier molecular flexibility index (Phi) is 2.53. The second kappa shape index (κ2) is 4.10. The molecule has 1 aromatic carbocycles. The lowest BCUT2D eigenvalue weighted by Crippen LogP contribution is -2.12. The molecule has 3 aromatic rings. The second-order valence-corrected chi connectivity index (χ2v) is 5.85. The Hall–Kier alpha value is -2.34. The van der Waals surface area contributed by atoms with Gasteiger partial charge in [-0.15, -0.1) is 0 Å². The molecule has 2 heterocycles. The number of benzene rings is 1.